The predicted molar refractivity (Wildman–Crippen MR) is 57.8 cm³/mol. The monoisotopic (exact) mass is 206 g/mol. The molecule has 1 aliphatic heterocycles. The number of carbonyl (C=O) groups is 1. The smallest absolute Gasteiger partial charge is 0.245 e. The van der Waals surface area contributed by atoms with Crippen molar-refractivity contribution in [2.75, 3.05) is 5.32 Å². The summed E-state index contributed by atoms with van der Waals surface area (Å²) in [6.45, 7) is 3.91. The predicted octanol–water partition coefficient (Wildman–Crippen LogP) is 1.43. The van der Waals surface area contributed by atoms with Gasteiger partial charge in [0.15, 0.2) is 0 Å². The minimum Gasteiger partial charge on any atom is -0.491 e. The summed E-state index contributed by atoms with van der Waals surface area (Å²) in [6, 6.07) is 4.89. The van der Waals surface area contributed by atoms with Crippen molar-refractivity contribution < 1.29 is 9.53 Å². The first-order chi connectivity index (χ1) is 7.08. The van der Waals surface area contributed by atoms with Gasteiger partial charge in [-0.25, -0.2) is 0 Å². The number of hydrogen-bond acceptors (Lipinski definition) is 3. The highest BCUT2D eigenvalue weighted by molar-refractivity contribution is 6.02. The Balaban J connectivity index is 2.31. The molecule has 1 unspecified atom stereocenters. The van der Waals surface area contributed by atoms with E-state index in [1.165, 1.54) is 0 Å². The number of anilines is 1. The Morgan fingerprint density at radius 3 is 2.87 bits per heavy atom. The fourth-order valence-corrected chi connectivity index (χ4v) is 1.61. The zero-order valence-electron chi connectivity index (χ0n) is 8.78. The highest BCUT2D eigenvalue weighted by Crippen LogP contribution is 2.32. The Bertz CT molecular complexity index is 402. The summed E-state index contributed by atoms with van der Waals surface area (Å²) >= 11 is 0. The van der Waals surface area contributed by atoms with Crippen molar-refractivity contribution in [2.24, 2.45) is 5.73 Å². The molecule has 4 heteroatoms. The van der Waals surface area contributed by atoms with Crippen molar-refractivity contribution in [1.82, 2.24) is 0 Å². The fraction of sp³-hybridized carbons (Fsp3) is 0.364. The van der Waals surface area contributed by atoms with Crippen LogP contribution in [0.2, 0.25) is 0 Å². The van der Waals surface area contributed by atoms with Crippen molar-refractivity contribution in [3.05, 3.63) is 23.8 Å². The first-order valence-electron chi connectivity index (χ1n) is 4.95. The molecule has 0 aromatic heterocycles. The van der Waals surface area contributed by atoms with Crippen molar-refractivity contribution in [3.63, 3.8) is 0 Å². The lowest BCUT2D eigenvalue weighted by Crippen LogP contribution is -2.19. The van der Waals surface area contributed by atoms with Crippen LogP contribution in [0.25, 0.3) is 0 Å². The topological polar surface area (TPSA) is 64.3 Å². The van der Waals surface area contributed by atoms with Gasteiger partial charge in [0.1, 0.15) is 11.8 Å². The molecule has 0 aliphatic carbocycles. The van der Waals surface area contributed by atoms with Crippen LogP contribution < -0.4 is 15.8 Å². The number of amides is 1. The molecule has 1 heterocycles. The van der Waals surface area contributed by atoms with E-state index in [0.29, 0.717) is 0 Å². The lowest BCUT2D eigenvalue weighted by molar-refractivity contribution is -0.116. The minimum absolute atomic E-state index is 0.115. The third-order valence-corrected chi connectivity index (χ3v) is 2.27. The van der Waals surface area contributed by atoms with Gasteiger partial charge in [-0.05, 0) is 32.0 Å². The fourth-order valence-electron chi connectivity index (χ4n) is 1.61. The maximum absolute atomic E-state index is 11.3. The summed E-state index contributed by atoms with van der Waals surface area (Å²) in [5.41, 5.74) is 7.31. The van der Waals surface area contributed by atoms with Crippen LogP contribution in [-0.4, -0.2) is 12.0 Å². The number of carbonyl (C=O) groups excluding carboxylic acids is 1. The second kappa shape index (κ2) is 3.55. The molecule has 0 saturated heterocycles. The van der Waals surface area contributed by atoms with E-state index in [9.17, 15) is 4.79 Å². The molecule has 0 saturated carbocycles. The second-order valence-electron chi connectivity index (χ2n) is 3.88. The van der Waals surface area contributed by atoms with E-state index < -0.39 is 6.04 Å². The van der Waals surface area contributed by atoms with E-state index >= 15 is 0 Å². The molecule has 80 valence electrons. The van der Waals surface area contributed by atoms with Crippen LogP contribution in [0.4, 0.5) is 5.69 Å². The SMILES string of the molecule is CC(C)Oc1ccc2c(c1)C(N)C(=O)N2. The molecule has 0 bridgehead atoms. The number of ether oxygens (including phenoxy) is 1. The van der Waals surface area contributed by atoms with Crippen LogP contribution in [0.1, 0.15) is 25.5 Å². The summed E-state index contributed by atoms with van der Waals surface area (Å²) in [5, 5.41) is 2.71. The summed E-state index contributed by atoms with van der Waals surface area (Å²) in [4.78, 5) is 11.3. The maximum Gasteiger partial charge on any atom is 0.245 e. The van der Waals surface area contributed by atoms with Crippen molar-refractivity contribution >= 4 is 11.6 Å². The molecule has 0 fully saturated rings. The molecule has 2 rings (SSSR count). The average molecular weight is 206 g/mol. The molecule has 1 aromatic carbocycles. The third kappa shape index (κ3) is 1.80. The third-order valence-electron chi connectivity index (χ3n) is 2.27. The molecule has 3 N–H and O–H groups in total. The molecule has 4 nitrogen and oxygen atoms in total. The normalized spacial score (nSPS) is 18.9. The first-order valence-corrected chi connectivity index (χ1v) is 4.95. The Hall–Kier alpha value is -1.55. The molecular weight excluding hydrogens is 192 g/mol. The minimum atomic E-state index is -0.573. The zero-order valence-corrected chi connectivity index (χ0v) is 8.78. The van der Waals surface area contributed by atoms with Gasteiger partial charge >= 0.3 is 0 Å². The number of nitrogens with one attached hydrogen (secondary N) is 1. The number of benzene rings is 1. The van der Waals surface area contributed by atoms with Crippen molar-refractivity contribution in [3.8, 4) is 5.75 Å². The first kappa shape index (κ1) is 9.98. The van der Waals surface area contributed by atoms with Crippen LogP contribution >= 0.6 is 0 Å². The number of fused-ring (bicyclic) bond motifs is 1. The van der Waals surface area contributed by atoms with Gasteiger partial charge in [-0.2, -0.15) is 0 Å². The van der Waals surface area contributed by atoms with Gasteiger partial charge in [-0.15, -0.1) is 0 Å². The van der Waals surface area contributed by atoms with Crippen LogP contribution in [0.3, 0.4) is 0 Å². The van der Waals surface area contributed by atoms with E-state index in [4.69, 9.17) is 10.5 Å². The Labute approximate surface area is 88.4 Å². The van der Waals surface area contributed by atoms with Crippen LogP contribution in [0.5, 0.6) is 5.75 Å². The molecule has 15 heavy (non-hydrogen) atoms. The number of nitrogens with two attached hydrogens (primary N) is 1. The second-order valence-corrected chi connectivity index (χ2v) is 3.88. The quantitative estimate of drug-likeness (QED) is 0.769. The lowest BCUT2D eigenvalue weighted by Gasteiger charge is -2.11. The molecule has 1 aromatic rings. The van der Waals surface area contributed by atoms with Crippen molar-refractivity contribution in [2.45, 2.75) is 26.0 Å². The molecule has 0 spiro atoms. The standard InChI is InChI=1S/C11H14N2O2/c1-6(2)15-7-3-4-9-8(5-7)10(12)11(14)13-9/h3-6,10H,12H2,1-2H3,(H,13,14). The largest absolute Gasteiger partial charge is 0.491 e. The summed E-state index contributed by atoms with van der Waals surface area (Å²) in [7, 11) is 0. The number of hydrogen-bond donors (Lipinski definition) is 2. The number of rotatable bonds is 2. The van der Waals surface area contributed by atoms with Gasteiger partial charge in [0.2, 0.25) is 5.91 Å². The molecular formula is C11H14N2O2. The molecule has 1 atom stereocenters. The van der Waals surface area contributed by atoms with E-state index in [1.807, 2.05) is 32.0 Å². The summed E-state index contributed by atoms with van der Waals surface area (Å²) in [6.07, 6.45) is 0.115. The van der Waals surface area contributed by atoms with Crippen molar-refractivity contribution in [1.29, 1.82) is 0 Å². The van der Waals surface area contributed by atoms with Gasteiger partial charge in [0, 0.05) is 11.3 Å². The molecule has 0 radical (unpaired) electrons. The average Bonchev–Trinajstić information content (AvgIpc) is 2.43. The molecule has 1 amide bonds. The van der Waals surface area contributed by atoms with Gasteiger partial charge in [-0.3, -0.25) is 4.79 Å². The Kier molecular flexibility index (Phi) is 2.36. The van der Waals surface area contributed by atoms with Gasteiger partial charge in [0.05, 0.1) is 6.10 Å². The maximum atomic E-state index is 11.3. The van der Waals surface area contributed by atoms with Crippen LogP contribution in [-0.2, 0) is 4.79 Å². The summed E-state index contributed by atoms with van der Waals surface area (Å²) in [5.74, 6) is 0.586. The summed E-state index contributed by atoms with van der Waals surface area (Å²) < 4.78 is 5.53. The van der Waals surface area contributed by atoms with Crippen LogP contribution in [0.15, 0.2) is 18.2 Å². The van der Waals surface area contributed by atoms with Gasteiger partial charge in [0.25, 0.3) is 0 Å². The van der Waals surface area contributed by atoms with Gasteiger partial charge in [-0.1, -0.05) is 0 Å². The highest BCUT2D eigenvalue weighted by atomic mass is 16.5. The van der Waals surface area contributed by atoms with E-state index in [-0.39, 0.29) is 12.0 Å². The van der Waals surface area contributed by atoms with Crippen LogP contribution in [0, 0.1) is 0 Å². The zero-order chi connectivity index (χ0) is 11.0. The Morgan fingerprint density at radius 2 is 2.20 bits per heavy atom. The Morgan fingerprint density at radius 1 is 1.47 bits per heavy atom. The van der Waals surface area contributed by atoms with E-state index in [1.54, 1.807) is 0 Å². The van der Waals surface area contributed by atoms with E-state index in [2.05, 4.69) is 5.32 Å². The molecule has 1 aliphatic rings. The lowest BCUT2D eigenvalue weighted by atomic mass is 10.1. The van der Waals surface area contributed by atoms with E-state index in [0.717, 1.165) is 17.0 Å². The highest BCUT2D eigenvalue weighted by Gasteiger charge is 2.27. The van der Waals surface area contributed by atoms with Gasteiger partial charge < -0.3 is 15.8 Å².